The van der Waals surface area contributed by atoms with Crippen LogP contribution in [-0.4, -0.2) is 12.5 Å². The average molecular weight is 245 g/mol. The summed E-state index contributed by atoms with van der Waals surface area (Å²) >= 11 is 0. The first-order valence-electron chi connectivity index (χ1n) is 5.72. The molecule has 0 fully saturated rings. The second-order valence-electron chi connectivity index (χ2n) is 3.96. The Morgan fingerprint density at radius 3 is 2.72 bits per heavy atom. The number of amides is 1. The summed E-state index contributed by atoms with van der Waals surface area (Å²) in [5, 5.41) is 2.71. The lowest BCUT2D eigenvalue weighted by molar-refractivity contribution is -0.123. The molecule has 0 bridgehead atoms. The highest BCUT2D eigenvalue weighted by Gasteiger charge is 2.03. The third-order valence-electron chi connectivity index (χ3n) is 2.43. The zero-order chi connectivity index (χ0) is 12.8. The fourth-order valence-electron chi connectivity index (χ4n) is 1.43. The number of rotatable bonds is 5. The first-order valence-corrected chi connectivity index (χ1v) is 5.72. The predicted octanol–water partition coefficient (Wildman–Crippen LogP) is 2.28. The van der Waals surface area contributed by atoms with E-state index in [0.29, 0.717) is 12.3 Å². The summed E-state index contributed by atoms with van der Waals surface area (Å²) in [5.41, 5.74) is 1.16. The van der Waals surface area contributed by atoms with Crippen molar-refractivity contribution in [2.24, 2.45) is 0 Å². The summed E-state index contributed by atoms with van der Waals surface area (Å²) in [7, 11) is 0. The van der Waals surface area contributed by atoms with Crippen LogP contribution in [0.3, 0.4) is 0 Å². The van der Waals surface area contributed by atoms with Crippen LogP contribution in [0.2, 0.25) is 0 Å². The molecular weight excluding hydrogens is 230 g/mol. The predicted molar refractivity (Wildman–Crippen MR) is 67.2 cm³/mol. The second kappa shape index (κ2) is 5.91. The molecule has 4 heteroatoms. The molecule has 0 spiro atoms. The maximum atomic E-state index is 11.5. The van der Waals surface area contributed by atoms with Crippen molar-refractivity contribution in [3.8, 4) is 5.75 Å². The molecule has 4 nitrogen and oxygen atoms in total. The number of nitrogens with one attached hydrogen (secondary N) is 1. The van der Waals surface area contributed by atoms with Crippen molar-refractivity contribution in [2.75, 3.05) is 6.61 Å². The van der Waals surface area contributed by atoms with E-state index in [1.807, 2.05) is 31.2 Å². The molecule has 0 aliphatic heterocycles. The monoisotopic (exact) mass is 245 g/mol. The van der Waals surface area contributed by atoms with Gasteiger partial charge in [-0.25, -0.2) is 0 Å². The Morgan fingerprint density at radius 2 is 2.06 bits per heavy atom. The Balaban J connectivity index is 1.73. The highest BCUT2D eigenvalue weighted by Crippen LogP contribution is 2.10. The van der Waals surface area contributed by atoms with Gasteiger partial charge < -0.3 is 14.5 Å². The van der Waals surface area contributed by atoms with Gasteiger partial charge in [-0.2, -0.15) is 0 Å². The molecule has 1 N–H and O–H groups in total. The molecule has 0 atom stereocenters. The van der Waals surface area contributed by atoms with E-state index >= 15 is 0 Å². The SMILES string of the molecule is Cc1ccc(OCC(=O)NCc2ccco2)cc1. The molecular formula is C14H15NO3. The van der Waals surface area contributed by atoms with Crippen molar-refractivity contribution in [2.45, 2.75) is 13.5 Å². The van der Waals surface area contributed by atoms with Crippen LogP contribution in [0.25, 0.3) is 0 Å². The largest absolute Gasteiger partial charge is 0.484 e. The molecule has 1 aromatic carbocycles. The number of hydrogen-bond acceptors (Lipinski definition) is 3. The fraction of sp³-hybridized carbons (Fsp3) is 0.214. The van der Waals surface area contributed by atoms with Gasteiger partial charge in [0, 0.05) is 0 Å². The minimum absolute atomic E-state index is 0.00374. The van der Waals surface area contributed by atoms with Gasteiger partial charge >= 0.3 is 0 Å². The van der Waals surface area contributed by atoms with Crippen molar-refractivity contribution in [3.05, 3.63) is 54.0 Å². The van der Waals surface area contributed by atoms with E-state index in [-0.39, 0.29) is 12.5 Å². The molecule has 0 saturated heterocycles. The number of aryl methyl sites for hydroxylation is 1. The summed E-state index contributed by atoms with van der Waals surface area (Å²) < 4.78 is 10.5. The average Bonchev–Trinajstić information content (AvgIpc) is 2.89. The van der Waals surface area contributed by atoms with E-state index < -0.39 is 0 Å². The zero-order valence-electron chi connectivity index (χ0n) is 10.2. The number of benzene rings is 1. The molecule has 0 saturated carbocycles. The number of hydrogen-bond donors (Lipinski definition) is 1. The lowest BCUT2D eigenvalue weighted by atomic mass is 10.2. The van der Waals surface area contributed by atoms with Gasteiger partial charge in [-0.15, -0.1) is 0 Å². The van der Waals surface area contributed by atoms with Crippen LogP contribution in [0.1, 0.15) is 11.3 Å². The van der Waals surface area contributed by atoms with E-state index in [1.54, 1.807) is 18.4 Å². The molecule has 0 radical (unpaired) electrons. The molecule has 94 valence electrons. The number of furan rings is 1. The van der Waals surface area contributed by atoms with E-state index in [4.69, 9.17) is 9.15 Å². The van der Waals surface area contributed by atoms with E-state index in [2.05, 4.69) is 5.32 Å². The van der Waals surface area contributed by atoms with Gasteiger partial charge in [0.05, 0.1) is 12.8 Å². The molecule has 1 heterocycles. The summed E-state index contributed by atoms with van der Waals surface area (Å²) in [6.07, 6.45) is 1.57. The Morgan fingerprint density at radius 1 is 1.28 bits per heavy atom. The molecule has 0 aliphatic rings. The molecule has 2 rings (SSSR count). The summed E-state index contributed by atoms with van der Waals surface area (Å²) in [6.45, 7) is 2.38. The van der Waals surface area contributed by atoms with Crippen LogP contribution >= 0.6 is 0 Å². The van der Waals surface area contributed by atoms with Crippen LogP contribution in [0.5, 0.6) is 5.75 Å². The third-order valence-corrected chi connectivity index (χ3v) is 2.43. The fourth-order valence-corrected chi connectivity index (χ4v) is 1.43. The lowest BCUT2D eigenvalue weighted by Crippen LogP contribution is -2.28. The van der Waals surface area contributed by atoms with Gasteiger partial charge in [0.25, 0.3) is 5.91 Å². The summed E-state index contributed by atoms with van der Waals surface area (Å²) in [6, 6.07) is 11.2. The van der Waals surface area contributed by atoms with Gasteiger partial charge in [0.15, 0.2) is 6.61 Å². The van der Waals surface area contributed by atoms with Crippen LogP contribution in [-0.2, 0) is 11.3 Å². The van der Waals surface area contributed by atoms with Gasteiger partial charge in [-0.1, -0.05) is 17.7 Å². The standard InChI is InChI=1S/C14H15NO3/c1-11-4-6-12(7-5-11)18-10-14(16)15-9-13-3-2-8-17-13/h2-8H,9-10H2,1H3,(H,15,16). The third kappa shape index (κ3) is 3.66. The topological polar surface area (TPSA) is 51.5 Å². The zero-order valence-corrected chi connectivity index (χ0v) is 10.2. The van der Waals surface area contributed by atoms with Crippen molar-refractivity contribution in [1.29, 1.82) is 0 Å². The Labute approximate surface area is 106 Å². The van der Waals surface area contributed by atoms with Gasteiger partial charge in [0.2, 0.25) is 0 Å². The number of carbonyl (C=O) groups excluding carboxylic acids is 1. The van der Waals surface area contributed by atoms with E-state index in [0.717, 1.165) is 11.3 Å². The Bertz CT molecular complexity index is 488. The van der Waals surface area contributed by atoms with Crippen LogP contribution in [0, 0.1) is 6.92 Å². The van der Waals surface area contributed by atoms with Gasteiger partial charge in [-0.05, 0) is 31.2 Å². The number of ether oxygens (including phenoxy) is 1. The van der Waals surface area contributed by atoms with Crippen molar-refractivity contribution >= 4 is 5.91 Å². The first-order chi connectivity index (χ1) is 8.74. The van der Waals surface area contributed by atoms with Crippen LogP contribution in [0.4, 0.5) is 0 Å². The second-order valence-corrected chi connectivity index (χ2v) is 3.96. The Kier molecular flexibility index (Phi) is 4.02. The van der Waals surface area contributed by atoms with Crippen molar-refractivity contribution in [3.63, 3.8) is 0 Å². The minimum atomic E-state index is -0.174. The molecule has 0 aliphatic carbocycles. The van der Waals surface area contributed by atoms with E-state index in [1.165, 1.54) is 0 Å². The normalized spacial score (nSPS) is 10.1. The van der Waals surface area contributed by atoms with Gasteiger partial charge in [0.1, 0.15) is 11.5 Å². The molecule has 0 unspecified atom stereocenters. The Hall–Kier alpha value is -2.23. The van der Waals surface area contributed by atoms with Crippen LogP contribution in [0.15, 0.2) is 47.1 Å². The van der Waals surface area contributed by atoms with Crippen molar-refractivity contribution in [1.82, 2.24) is 5.32 Å². The van der Waals surface area contributed by atoms with Crippen molar-refractivity contribution < 1.29 is 13.9 Å². The summed E-state index contributed by atoms with van der Waals surface area (Å²) in [5.74, 6) is 1.24. The number of carbonyl (C=O) groups is 1. The smallest absolute Gasteiger partial charge is 0.258 e. The first kappa shape index (κ1) is 12.2. The molecule has 1 aromatic heterocycles. The van der Waals surface area contributed by atoms with Gasteiger partial charge in [-0.3, -0.25) is 4.79 Å². The highest BCUT2D eigenvalue weighted by molar-refractivity contribution is 5.77. The quantitative estimate of drug-likeness (QED) is 0.879. The van der Waals surface area contributed by atoms with Crippen LogP contribution < -0.4 is 10.1 Å². The molecule has 1 amide bonds. The molecule has 18 heavy (non-hydrogen) atoms. The maximum Gasteiger partial charge on any atom is 0.258 e. The maximum absolute atomic E-state index is 11.5. The minimum Gasteiger partial charge on any atom is -0.484 e. The molecule has 2 aromatic rings. The van der Waals surface area contributed by atoms with E-state index in [9.17, 15) is 4.79 Å². The lowest BCUT2D eigenvalue weighted by Gasteiger charge is -2.06. The summed E-state index contributed by atoms with van der Waals surface area (Å²) in [4.78, 5) is 11.5. The highest BCUT2D eigenvalue weighted by atomic mass is 16.5.